The van der Waals surface area contributed by atoms with Crippen molar-refractivity contribution >= 4 is 26.6 Å². The molecule has 0 aliphatic carbocycles. The Bertz CT molecular complexity index is 1050. The van der Waals surface area contributed by atoms with E-state index < -0.39 is 10.0 Å². The molecular weight excluding hydrogens is 358 g/mol. The highest BCUT2D eigenvalue weighted by atomic mass is 32.2. The lowest BCUT2D eigenvalue weighted by Crippen LogP contribution is -2.41. The number of hydrogen-bond donors (Lipinski definition) is 2. The lowest BCUT2D eigenvalue weighted by Gasteiger charge is -2.31. The zero-order valence-corrected chi connectivity index (χ0v) is 16.5. The summed E-state index contributed by atoms with van der Waals surface area (Å²) >= 11 is 0. The number of aromatic nitrogens is 1. The molecule has 0 amide bonds. The van der Waals surface area contributed by atoms with Gasteiger partial charge in [0, 0.05) is 30.2 Å². The maximum absolute atomic E-state index is 11.7. The lowest BCUT2D eigenvalue weighted by atomic mass is 10.1. The van der Waals surface area contributed by atoms with Crippen LogP contribution in [0.5, 0.6) is 0 Å². The average Bonchev–Trinajstić information content (AvgIpc) is 3.06. The number of piperidine rings is 1. The van der Waals surface area contributed by atoms with Gasteiger partial charge in [0.2, 0.25) is 10.0 Å². The van der Waals surface area contributed by atoms with Gasteiger partial charge in [-0.05, 0) is 49.1 Å². The van der Waals surface area contributed by atoms with Crippen molar-refractivity contribution in [3.63, 3.8) is 0 Å². The summed E-state index contributed by atoms with van der Waals surface area (Å²) in [4.78, 5) is 3.56. The van der Waals surface area contributed by atoms with Crippen LogP contribution in [0.3, 0.4) is 0 Å². The van der Waals surface area contributed by atoms with Gasteiger partial charge in [0.1, 0.15) is 0 Å². The van der Waals surface area contributed by atoms with Crippen molar-refractivity contribution in [3.05, 3.63) is 54.1 Å². The molecule has 4 rings (SSSR count). The van der Waals surface area contributed by atoms with Crippen molar-refractivity contribution in [3.8, 4) is 11.3 Å². The van der Waals surface area contributed by atoms with Crippen LogP contribution < -0.4 is 5.32 Å². The van der Waals surface area contributed by atoms with Crippen molar-refractivity contribution in [1.29, 1.82) is 0 Å². The molecule has 2 aromatic carbocycles. The SMILES string of the molecule is Cc1cc(NC2CCN(S(C)(=O)=O)CC2)c2[nH]c(-c3ccccc3)cc2c1. The van der Waals surface area contributed by atoms with Crippen molar-refractivity contribution in [2.75, 3.05) is 24.7 Å². The Morgan fingerprint density at radius 2 is 1.78 bits per heavy atom. The summed E-state index contributed by atoms with van der Waals surface area (Å²) in [5, 5.41) is 4.83. The van der Waals surface area contributed by atoms with Gasteiger partial charge in [-0.1, -0.05) is 30.3 Å². The van der Waals surface area contributed by atoms with E-state index in [1.165, 1.54) is 22.8 Å². The van der Waals surface area contributed by atoms with Crippen LogP contribution in [0.1, 0.15) is 18.4 Å². The second-order valence-electron chi connectivity index (χ2n) is 7.41. The second kappa shape index (κ2) is 7.02. The predicted molar refractivity (Wildman–Crippen MR) is 112 cm³/mol. The zero-order valence-electron chi connectivity index (χ0n) is 15.7. The van der Waals surface area contributed by atoms with Crippen molar-refractivity contribution in [2.24, 2.45) is 0 Å². The van der Waals surface area contributed by atoms with Gasteiger partial charge in [0.15, 0.2) is 0 Å². The Morgan fingerprint density at radius 3 is 2.44 bits per heavy atom. The minimum atomic E-state index is -3.09. The van der Waals surface area contributed by atoms with Gasteiger partial charge in [-0.2, -0.15) is 0 Å². The Hall–Kier alpha value is -2.31. The van der Waals surface area contributed by atoms with Crippen LogP contribution in [0, 0.1) is 6.92 Å². The van der Waals surface area contributed by atoms with E-state index in [1.807, 2.05) is 18.2 Å². The standard InChI is InChI=1S/C21H25N3O2S/c1-15-12-17-14-19(16-6-4-3-5-7-16)23-21(17)20(13-15)22-18-8-10-24(11-9-18)27(2,25)26/h3-7,12-14,18,22-23H,8-11H2,1-2H3. The van der Waals surface area contributed by atoms with Gasteiger partial charge in [-0.15, -0.1) is 0 Å². The Balaban J connectivity index is 1.60. The number of anilines is 1. The third kappa shape index (κ3) is 3.87. The second-order valence-corrected chi connectivity index (χ2v) is 9.39. The molecule has 0 atom stereocenters. The van der Waals surface area contributed by atoms with E-state index in [4.69, 9.17) is 0 Å². The largest absolute Gasteiger partial charge is 0.381 e. The van der Waals surface area contributed by atoms with Gasteiger partial charge in [-0.3, -0.25) is 0 Å². The highest BCUT2D eigenvalue weighted by Crippen LogP contribution is 2.31. The topological polar surface area (TPSA) is 65.2 Å². The molecule has 0 radical (unpaired) electrons. The Kier molecular flexibility index (Phi) is 4.70. The molecule has 142 valence electrons. The summed E-state index contributed by atoms with van der Waals surface area (Å²) in [6.07, 6.45) is 2.92. The number of fused-ring (bicyclic) bond motifs is 1. The van der Waals surface area contributed by atoms with Crippen LogP contribution in [-0.2, 0) is 10.0 Å². The summed E-state index contributed by atoms with van der Waals surface area (Å²) in [5.41, 5.74) is 5.66. The van der Waals surface area contributed by atoms with Crippen LogP contribution >= 0.6 is 0 Å². The molecule has 1 aromatic heterocycles. The molecular formula is C21H25N3O2S. The van der Waals surface area contributed by atoms with Gasteiger partial charge < -0.3 is 10.3 Å². The number of nitrogens with zero attached hydrogens (tertiary/aromatic N) is 1. The highest BCUT2D eigenvalue weighted by molar-refractivity contribution is 7.88. The molecule has 6 heteroatoms. The lowest BCUT2D eigenvalue weighted by molar-refractivity contribution is 0.332. The van der Waals surface area contributed by atoms with Gasteiger partial charge >= 0.3 is 0 Å². The zero-order chi connectivity index (χ0) is 19.0. The third-order valence-electron chi connectivity index (χ3n) is 5.24. The van der Waals surface area contributed by atoms with Crippen molar-refractivity contribution < 1.29 is 8.42 Å². The number of benzene rings is 2. The van der Waals surface area contributed by atoms with Crippen molar-refractivity contribution in [2.45, 2.75) is 25.8 Å². The number of rotatable bonds is 4. The first-order valence-corrected chi connectivity index (χ1v) is 11.2. The molecule has 2 heterocycles. The van der Waals surface area contributed by atoms with Gasteiger partial charge in [0.25, 0.3) is 0 Å². The van der Waals surface area contributed by atoms with Crippen LogP contribution in [0.2, 0.25) is 0 Å². The maximum atomic E-state index is 11.7. The first kappa shape index (κ1) is 18.1. The number of nitrogens with one attached hydrogen (secondary N) is 2. The van der Waals surface area contributed by atoms with E-state index in [9.17, 15) is 8.42 Å². The molecule has 1 aliphatic heterocycles. The smallest absolute Gasteiger partial charge is 0.211 e. The van der Waals surface area contributed by atoms with E-state index in [0.717, 1.165) is 29.7 Å². The Labute approximate surface area is 160 Å². The average molecular weight is 384 g/mol. The maximum Gasteiger partial charge on any atom is 0.211 e. The van der Waals surface area contributed by atoms with Crippen LogP contribution in [0.4, 0.5) is 5.69 Å². The third-order valence-corrected chi connectivity index (χ3v) is 6.54. The van der Waals surface area contributed by atoms with E-state index >= 15 is 0 Å². The normalized spacial score (nSPS) is 16.7. The monoisotopic (exact) mass is 383 g/mol. The van der Waals surface area contributed by atoms with Gasteiger partial charge in [0.05, 0.1) is 17.5 Å². The summed E-state index contributed by atoms with van der Waals surface area (Å²) in [6.45, 7) is 3.25. The number of sulfonamides is 1. The number of aromatic amines is 1. The van der Waals surface area contributed by atoms with E-state index in [1.54, 1.807) is 4.31 Å². The van der Waals surface area contributed by atoms with Crippen LogP contribution in [-0.4, -0.2) is 43.1 Å². The Morgan fingerprint density at radius 1 is 1.07 bits per heavy atom. The van der Waals surface area contributed by atoms with Crippen LogP contribution in [0.15, 0.2) is 48.5 Å². The quantitative estimate of drug-likeness (QED) is 0.716. The molecule has 0 bridgehead atoms. The molecule has 1 aliphatic rings. The molecule has 0 spiro atoms. The molecule has 2 N–H and O–H groups in total. The van der Waals surface area contributed by atoms with Crippen molar-refractivity contribution in [1.82, 2.24) is 9.29 Å². The first-order valence-electron chi connectivity index (χ1n) is 9.30. The molecule has 1 fully saturated rings. The molecule has 3 aromatic rings. The summed E-state index contributed by atoms with van der Waals surface area (Å²) in [6, 6.07) is 17.1. The van der Waals surface area contributed by atoms with E-state index in [2.05, 4.69) is 47.6 Å². The molecule has 27 heavy (non-hydrogen) atoms. The number of aryl methyl sites for hydroxylation is 1. The fourth-order valence-electron chi connectivity index (χ4n) is 3.83. The fourth-order valence-corrected chi connectivity index (χ4v) is 4.71. The highest BCUT2D eigenvalue weighted by Gasteiger charge is 2.25. The first-order chi connectivity index (χ1) is 12.9. The van der Waals surface area contributed by atoms with E-state index in [0.29, 0.717) is 13.1 Å². The summed E-state index contributed by atoms with van der Waals surface area (Å²) in [5.74, 6) is 0. The molecule has 5 nitrogen and oxygen atoms in total. The van der Waals surface area contributed by atoms with Crippen LogP contribution in [0.25, 0.3) is 22.2 Å². The van der Waals surface area contributed by atoms with E-state index in [-0.39, 0.29) is 6.04 Å². The summed E-state index contributed by atoms with van der Waals surface area (Å²) in [7, 11) is -3.09. The minimum absolute atomic E-state index is 0.275. The number of H-pyrrole nitrogens is 1. The molecule has 0 unspecified atom stereocenters. The fraction of sp³-hybridized carbons (Fsp3) is 0.333. The number of hydrogen-bond acceptors (Lipinski definition) is 3. The predicted octanol–water partition coefficient (Wildman–Crippen LogP) is 3.98. The minimum Gasteiger partial charge on any atom is -0.381 e. The van der Waals surface area contributed by atoms with Gasteiger partial charge in [-0.25, -0.2) is 12.7 Å². The molecule has 0 saturated carbocycles. The molecule has 1 saturated heterocycles. The summed E-state index contributed by atoms with van der Waals surface area (Å²) < 4.78 is 25.0.